The maximum atomic E-state index is 5.45. The second kappa shape index (κ2) is 4.91. The molecule has 0 aromatic rings. The van der Waals surface area contributed by atoms with Crippen LogP contribution in [0.1, 0.15) is 12.8 Å². The van der Waals surface area contributed by atoms with Crippen LogP contribution in [0.15, 0.2) is 12.7 Å². The summed E-state index contributed by atoms with van der Waals surface area (Å²) in [5, 5.41) is 3.49. The first-order valence-corrected chi connectivity index (χ1v) is 5.56. The molecule has 3 heteroatoms. The zero-order chi connectivity index (χ0) is 9.80. The van der Waals surface area contributed by atoms with Gasteiger partial charge in [0.25, 0.3) is 0 Å². The summed E-state index contributed by atoms with van der Waals surface area (Å²) >= 11 is 0. The summed E-state index contributed by atoms with van der Waals surface area (Å²) in [6.45, 7) is 8.66. The Morgan fingerprint density at radius 1 is 1.50 bits per heavy atom. The fraction of sp³-hybridized carbons (Fsp3) is 0.818. The van der Waals surface area contributed by atoms with Gasteiger partial charge in [-0.2, -0.15) is 0 Å². The summed E-state index contributed by atoms with van der Waals surface area (Å²) in [7, 11) is 0. The Hall–Kier alpha value is -0.380. The van der Waals surface area contributed by atoms with Crippen LogP contribution in [0.2, 0.25) is 0 Å². The lowest BCUT2D eigenvalue weighted by atomic mass is 10.2. The predicted molar refractivity (Wildman–Crippen MR) is 57.4 cm³/mol. The molecular formula is C11H20N2O. The van der Waals surface area contributed by atoms with Crippen molar-refractivity contribution in [1.82, 2.24) is 10.2 Å². The summed E-state index contributed by atoms with van der Waals surface area (Å²) in [6.07, 6.45) is 4.73. The Bertz CT molecular complexity index is 186. The zero-order valence-electron chi connectivity index (χ0n) is 8.74. The first-order chi connectivity index (χ1) is 6.90. The molecule has 0 aromatic carbocycles. The van der Waals surface area contributed by atoms with E-state index in [1.165, 1.54) is 12.8 Å². The van der Waals surface area contributed by atoms with Crippen molar-refractivity contribution in [1.29, 1.82) is 0 Å². The van der Waals surface area contributed by atoms with E-state index in [1.807, 2.05) is 6.08 Å². The molecule has 2 fully saturated rings. The molecule has 0 spiro atoms. The maximum absolute atomic E-state index is 5.45. The van der Waals surface area contributed by atoms with Crippen molar-refractivity contribution >= 4 is 0 Å². The standard InChI is InChI=1S/C11H20N2O/c1-2-6-13(11-3-4-11)8-10-9-14-7-5-12-10/h2,10-12H,1,3-9H2. The van der Waals surface area contributed by atoms with Gasteiger partial charge in [-0.15, -0.1) is 6.58 Å². The van der Waals surface area contributed by atoms with Crippen molar-refractivity contribution in [2.45, 2.75) is 24.9 Å². The first kappa shape index (κ1) is 10.1. The highest BCUT2D eigenvalue weighted by Crippen LogP contribution is 2.26. The lowest BCUT2D eigenvalue weighted by Gasteiger charge is -2.29. The highest BCUT2D eigenvalue weighted by atomic mass is 16.5. The van der Waals surface area contributed by atoms with Crippen molar-refractivity contribution in [3.63, 3.8) is 0 Å². The topological polar surface area (TPSA) is 24.5 Å². The molecule has 3 nitrogen and oxygen atoms in total. The Morgan fingerprint density at radius 2 is 2.36 bits per heavy atom. The predicted octanol–water partition coefficient (Wildman–Crippen LogP) is 0.625. The van der Waals surface area contributed by atoms with Crippen molar-refractivity contribution < 1.29 is 4.74 Å². The summed E-state index contributed by atoms with van der Waals surface area (Å²) in [6, 6.07) is 1.33. The van der Waals surface area contributed by atoms with E-state index >= 15 is 0 Å². The molecule has 1 saturated carbocycles. The van der Waals surface area contributed by atoms with Crippen LogP contribution in [-0.2, 0) is 4.74 Å². The van der Waals surface area contributed by atoms with Crippen LogP contribution in [0.25, 0.3) is 0 Å². The van der Waals surface area contributed by atoms with Crippen LogP contribution in [0.3, 0.4) is 0 Å². The quantitative estimate of drug-likeness (QED) is 0.653. The van der Waals surface area contributed by atoms with Gasteiger partial charge in [-0.1, -0.05) is 6.08 Å². The Balaban J connectivity index is 1.76. The van der Waals surface area contributed by atoms with Gasteiger partial charge in [0.15, 0.2) is 0 Å². The lowest BCUT2D eigenvalue weighted by molar-refractivity contribution is 0.0624. The lowest BCUT2D eigenvalue weighted by Crippen LogP contribution is -2.49. The molecule has 2 rings (SSSR count). The molecule has 0 bridgehead atoms. The molecule has 0 amide bonds. The van der Waals surface area contributed by atoms with Crippen LogP contribution in [-0.4, -0.2) is 49.8 Å². The van der Waals surface area contributed by atoms with Gasteiger partial charge in [-0.05, 0) is 12.8 Å². The van der Waals surface area contributed by atoms with E-state index in [0.717, 1.165) is 38.9 Å². The average Bonchev–Trinajstić information content (AvgIpc) is 3.02. The van der Waals surface area contributed by atoms with Gasteiger partial charge in [0.1, 0.15) is 0 Å². The summed E-state index contributed by atoms with van der Waals surface area (Å²) < 4.78 is 5.45. The van der Waals surface area contributed by atoms with Gasteiger partial charge in [0.05, 0.1) is 13.2 Å². The second-order valence-electron chi connectivity index (χ2n) is 4.20. The number of morpholine rings is 1. The summed E-state index contributed by atoms with van der Waals surface area (Å²) in [4.78, 5) is 2.51. The minimum Gasteiger partial charge on any atom is -0.378 e. The number of hydrogen-bond donors (Lipinski definition) is 1. The molecule has 1 saturated heterocycles. The van der Waals surface area contributed by atoms with Crippen molar-refractivity contribution in [2.75, 3.05) is 32.8 Å². The monoisotopic (exact) mass is 196 g/mol. The minimum absolute atomic E-state index is 0.518. The third kappa shape index (κ3) is 2.80. The molecule has 1 aliphatic heterocycles. The van der Waals surface area contributed by atoms with Crippen LogP contribution >= 0.6 is 0 Å². The minimum atomic E-state index is 0.518. The molecule has 1 atom stereocenters. The van der Waals surface area contributed by atoms with E-state index in [9.17, 15) is 0 Å². The van der Waals surface area contributed by atoms with Gasteiger partial charge in [0, 0.05) is 31.7 Å². The fourth-order valence-electron chi connectivity index (χ4n) is 2.00. The summed E-state index contributed by atoms with van der Waals surface area (Å²) in [5.74, 6) is 0. The molecular weight excluding hydrogens is 176 g/mol. The van der Waals surface area contributed by atoms with E-state index in [1.54, 1.807) is 0 Å². The largest absolute Gasteiger partial charge is 0.378 e. The molecule has 1 heterocycles. The highest BCUT2D eigenvalue weighted by molar-refractivity contribution is 4.90. The summed E-state index contributed by atoms with van der Waals surface area (Å²) in [5.41, 5.74) is 0. The van der Waals surface area contributed by atoms with Gasteiger partial charge in [0.2, 0.25) is 0 Å². The molecule has 1 N–H and O–H groups in total. The van der Waals surface area contributed by atoms with E-state index < -0.39 is 0 Å². The molecule has 1 unspecified atom stereocenters. The average molecular weight is 196 g/mol. The molecule has 0 aromatic heterocycles. The Kier molecular flexibility index (Phi) is 3.56. The van der Waals surface area contributed by atoms with Crippen molar-refractivity contribution in [2.24, 2.45) is 0 Å². The molecule has 80 valence electrons. The van der Waals surface area contributed by atoms with Crippen molar-refractivity contribution in [3.05, 3.63) is 12.7 Å². The normalized spacial score (nSPS) is 27.9. The molecule has 14 heavy (non-hydrogen) atoms. The first-order valence-electron chi connectivity index (χ1n) is 5.56. The van der Waals surface area contributed by atoms with Gasteiger partial charge < -0.3 is 10.1 Å². The van der Waals surface area contributed by atoms with Crippen LogP contribution < -0.4 is 5.32 Å². The number of hydrogen-bond acceptors (Lipinski definition) is 3. The number of rotatable bonds is 5. The Morgan fingerprint density at radius 3 is 2.93 bits per heavy atom. The molecule has 0 radical (unpaired) electrons. The third-order valence-corrected chi connectivity index (χ3v) is 2.88. The van der Waals surface area contributed by atoms with E-state index in [-0.39, 0.29) is 0 Å². The fourth-order valence-corrected chi connectivity index (χ4v) is 2.00. The van der Waals surface area contributed by atoms with Gasteiger partial charge in [-0.3, -0.25) is 4.90 Å². The third-order valence-electron chi connectivity index (χ3n) is 2.88. The smallest absolute Gasteiger partial charge is 0.0632 e. The Labute approximate surface area is 86.1 Å². The van der Waals surface area contributed by atoms with Gasteiger partial charge in [-0.25, -0.2) is 0 Å². The van der Waals surface area contributed by atoms with Crippen LogP contribution in [0.5, 0.6) is 0 Å². The van der Waals surface area contributed by atoms with Gasteiger partial charge >= 0.3 is 0 Å². The number of nitrogens with zero attached hydrogens (tertiary/aromatic N) is 1. The van der Waals surface area contributed by atoms with E-state index in [4.69, 9.17) is 4.74 Å². The maximum Gasteiger partial charge on any atom is 0.0632 e. The second-order valence-corrected chi connectivity index (χ2v) is 4.20. The molecule has 1 aliphatic carbocycles. The van der Waals surface area contributed by atoms with E-state index in [0.29, 0.717) is 6.04 Å². The number of nitrogens with one attached hydrogen (secondary N) is 1. The number of ether oxygens (including phenoxy) is 1. The highest BCUT2D eigenvalue weighted by Gasteiger charge is 2.30. The van der Waals surface area contributed by atoms with Crippen molar-refractivity contribution in [3.8, 4) is 0 Å². The van der Waals surface area contributed by atoms with Crippen LogP contribution in [0, 0.1) is 0 Å². The van der Waals surface area contributed by atoms with E-state index in [2.05, 4.69) is 16.8 Å². The van der Waals surface area contributed by atoms with Crippen LogP contribution in [0.4, 0.5) is 0 Å². The zero-order valence-corrected chi connectivity index (χ0v) is 8.74. The molecule has 2 aliphatic rings. The SMILES string of the molecule is C=CCN(CC1COCCN1)C1CC1.